The van der Waals surface area contributed by atoms with Crippen LogP contribution in [0.15, 0.2) is 36.7 Å². The van der Waals surface area contributed by atoms with Crippen molar-refractivity contribution in [2.45, 2.75) is 26.7 Å². The zero-order valence-corrected chi connectivity index (χ0v) is 13.9. The predicted molar refractivity (Wildman–Crippen MR) is 91.2 cm³/mol. The first-order chi connectivity index (χ1) is 9.56. The fourth-order valence-corrected chi connectivity index (χ4v) is 3.12. The summed E-state index contributed by atoms with van der Waals surface area (Å²) in [5.74, 6) is 1.30. The van der Waals surface area contributed by atoms with Gasteiger partial charge in [0.25, 0.3) is 0 Å². The maximum absolute atomic E-state index is 4.51. The first kappa shape index (κ1) is 13.5. The Balaban J connectivity index is 2.22. The van der Waals surface area contributed by atoms with Crippen molar-refractivity contribution in [3.63, 3.8) is 0 Å². The summed E-state index contributed by atoms with van der Waals surface area (Å²) in [7, 11) is 0. The van der Waals surface area contributed by atoms with Gasteiger partial charge in [0.2, 0.25) is 0 Å². The minimum absolute atomic E-state index is 0.502. The summed E-state index contributed by atoms with van der Waals surface area (Å²) < 4.78 is 2.16. The fraction of sp³-hybridized carbons (Fsp3) is 0.250. The maximum atomic E-state index is 4.51. The Morgan fingerprint density at radius 2 is 2.00 bits per heavy atom. The minimum atomic E-state index is 0.502. The van der Waals surface area contributed by atoms with Crippen molar-refractivity contribution in [2.75, 3.05) is 0 Å². The van der Waals surface area contributed by atoms with Crippen molar-refractivity contribution in [3.8, 4) is 11.4 Å². The van der Waals surface area contributed by atoms with E-state index in [-0.39, 0.29) is 0 Å². The van der Waals surface area contributed by atoms with Crippen molar-refractivity contribution in [1.29, 1.82) is 0 Å². The van der Waals surface area contributed by atoms with Gasteiger partial charge in [-0.15, -0.1) is 0 Å². The summed E-state index contributed by atoms with van der Waals surface area (Å²) in [6.07, 6.45) is 4.02. The smallest absolute Gasteiger partial charge is 0.159 e. The number of nitrogens with zero attached hydrogens (tertiary/aromatic N) is 3. The molecule has 102 valence electrons. The molecule has 0 saturated carbocycles. The number of benzene rings is 1. The molecule has 3 nitrogen and oxygen atoms in total. The summed E-state index contributed by atoms with van der Waals surface area (Å²) >= 11 is 2.33. The summed E-state index contributed by atoms with van der Waals surface area (Å²) in [6.45, 7) is 6.44. The quantitative estimate of drug-likeness (QED) is 0.605. The van der Waals surface area contributed by atoms with Gasteiger partial charge in [-0.25, -0.2) is 9.97 Å². The fourth-order valence-electron chi connectivity index (χ4n) is 2.40. The zero-order valence-electron chi connectivity index (χ0n) is 11.8. The normalized spacial score (nSPS) is 11.4. The molecule has 0 saturated heterocycles. The van der Waals surface area contributed by atoms with E-state index >= 15 is 0 Å². The van der Waals surface area contributed by atoms with Crippen molar-refractivity contribution in [1.82, 2.24) is 12.7 Å². The zero-order chi connectivity index (χ0) is 14.3. The van der Waals surface area contributed by atoms with E-state index in [0.717, 1.165) is 17.1 Å². The van der Waals surface area contributed by atoms with Crippen LogP contribution in [0.2, 0.25) is 0 Å². The van der Waals surface area contributed by atoms with E-state index in [1.54, 1.807) is 0 Å². The second-order valence-corrected chi connectivity index (χ2v) is 6.34. The van der Waals surface area contributed by atoms with E-state index in [4.69, 9.17) is 0 Å². The first-order valence-corrected chi connectivity index (χ1v) is 7.64. The van der Waals surface area contributed by atoms with Crippen LogP contribution >= 0.6 is 22.9 Å². The highest BCUT2D eigenvalue weighted by molar-refractivity contribution is 14.1. The Bertz CT molecular complexity index is 774. The second-order valence-electron chi connectivity index (χ2n) is 5.30. The highest BCUT2D eigenvalue weighted by Crippen LogP contribution is 2.31. The van der Waals surface area contributed by atoms with Crippen LogP contribution < -0.4 is 0 Å². The van der Waals surface area contributed by atoms with E-state index < -0.39 is 0 Å². The van der Waals surface area contributed by atoms with Crippen molar-refractivity contribution < 1.29 is 0 Å². The molecule has 0 spiro atoms. The van der Waals surface area contributed by atoms with Crippen LogP contribution in [0.4, 0.5) is 0 Å². The molecule has 3 rings (SSSR count). The molecule has 1 aromatic carbocycles. The average molecular weight is 377 g/mol. The third-order valence-corrected chi connectivity index (χ3v) is 4.26. The highest BCUT2D eigenvalue weighted by atomic mass is 127. The Kier molecular flexibility index (Phi) is 3.50. The van der Waals surface area contributed by atoms with Gasteiger partial charge >= 0.3 is 0 Å². The molecule has 0 atom stereocenters. The number of aryl methyl sites for hydroxylation is 1. The Labute approximate surface area is 132 Å². The van der Waals surface area contributed by atoms with Crippen LogP contribution in [0, 0.1) is 6.92 Å². The highest BCUT2D eigenvalue weighted by Gasteiger charge is 2.12. The Morgan fingerprint density at radius 1 is 1.20 bits per heavy atom. The molecule has 0 aliphatic carbocycles. The second kappa shape index (κ2) is 5.16. The monoisotopic (exact) mass is 377 g/mol. The lowest BCUT2D eigenvalue weighted by Crippen LogP contribution is -1.91. The molecule has 2 heterocycles. The van der Waals surface area contributed by atoms with Crippen LogP contribution in [0.3, 0.4) is 0 Å². The van der Waals surface area contributed by atoms with Gasteiger partial charge in [0, 0.05) is 29.0 Å². The van der Waals surface area contributed by atoms with Crippen LogP contribution in [0.1, 0.15) is 31.0 Å². The lowest BCUT2D eigenvalue weighted by atomic mass is 10.0. The SMILES string of the molecule is Cc1ccnc(-c2ccc3c(c2)c(C(C)C)cn3I)n1. The van der Waals surface area contributed by atoms with E-state index in [2.05, 4.69) is 73.9 Å². The molecule has 0 N–H and O–H groups in total. The number of halogens is 1. The summed E-state index contributed by atoms with van der Waals surface area (Å²) in [5, 5.41) is 1.29. The standard InChI is InChI=1S/C16H16IN3/c1-10(2)14-9-20(17)15-5-4-12(8-13(14)15)16-18-7-6-11(3)19-16/h4-10H,1-3H3. The molecule has 2 aromatic heterocycles. The van der Waals surface area contributed by atoms with Gasteiger partial charge < -0.3 is 0 Å². The number of hydrogen-bond acceptors (Lipinski definition) is 2. The molecule has 0 aliphatic rings. The number of fused-ring (bicyclic) bond motifs is 1. The van der Waals surface area contributed by atoms with Crippen LogP contribution in [-0.2, 0) is 0 Å². The molecule has 20 heavy (non-hydrogen) atoms. The van der Waals surface area contributed by atoms with Gasteiger partial charge in [-0.3, -0.25) is 2.78 Å². The summed E-state index contributed by atoms with van der Waals surface area (Å²) in [5.41, 5.74) is 4.67. The van der Waals surface area contributed by atoms with Crippen LogP contribution in [0.25, 0.3) is 22.3 Å². The molecule has 0 fully saturated rings. The Hall–Kier alpha value is -1.43. The molecule has 4 heteroatoms. The van der Waals surface area contributed by atoms with E-state index in [0.29, 0.717) is 5.92 Å². The molecule has 0 amide bonds. The topological polar surface area (TPSA) is 30.7 Å². The van der Waals surface area contributed by atoms with Crippen molar-refractivity contribution >= 4 is 33.8 Å². The predicted octanol–water partition coefficient (Wildman–Crippen LogP) is 4.73. The number of rotatable bonds is 2. The summed E-state index contributed by atoms with van der Waals surface area (Å²) in [4.78, 5) is 8.89. The largest absolute Gasteiger partial charge is 0.289 e. The number of hydrogen-bond donors (Lipinski definition) is 0. The maximum Gasteiger partial charge on any atom is 0.159 e. The summed E-state index contributed by atoms with van der Waals surface area (Å²) in [6, 6.07) is 8.36. The molecule has 0 unspecified atom stereocenters. The lowest BCUT2D eigenvalue weighted by Gasteiger charge is -2.05. The molecule has 0 bridgehead atoms. The van der Waals surface area contributed by atoms with Crippen LogP contribution in [-0.4, -0.2) is 12.7 Å². The number of aromatic nitrogens is 3. The van der Waals surface area contributed by atoms with Crippen molar-refractivity contribution in [2.24, 2.45) is 0 Å². The first-order valence-electron chi connectivity index (χ1n) is 6.67. The third kappa shape index (κ3) is 2.32. The van der Waals surface area contributed by atoms with Gasteiger partial charge in [0.15, 0.2) is 5.82 Å². The van der Waals surface area contributed by atoms with E-state index in [1.165, 1.54) is 16.5 Å². The van der Waals surface area contributed by atoms with Gasteiger partial charge in [0.05, 0.1) is 28.4 Å². The van der Waals surface area contributed by atoms with Gasteiger partial charge in [-0.2, -0.15) is 0 Å². The van der Waals surface area contributed by atoms with Gasteiger partial charge in [-0.05, 0) is 42.7 Å². The van der Waals surface area contributed by atoms with Crippen LogP contribution in [0.5, 0.6) is 0 Å². The van der Waals surface area contributed by atoms with E-state index in [9.17, 15) is 0 Å². The van der Waals surface area contributed by atoms with Gasteiger partial charge in [-0.1, -0.05) is 13.8 Å². The molecule has 0 aliphatic heterocycles. The third-order valence-electron chi connectivity index (χ3n) is 3.47. The minimum Gasteiger partial charge on any atom is -0.289 e. The molecule has 0 radical (unpaired) electrons. The lowest BCUT2D eigenvalue weighted by molar-refractivity contribution is 0.875. The van der Waals surface area contributed by atoms with Crippen molar-refractivity contribution in [3.05, 3.63) is 47.9 Å². The molecule has 3 aromatic rings. The van der Waals surface area contributed by atoms with Gasteiger partial charge in [0.1, 0.15) is 0 Å². The molecular weight excluding hydrogens is 361 g/mol. The Morgan fingerprint density at radius 3 is 2.70 bits per heavy atom. The van der Waals surface area contributed by atoms with E-state index in [1.807, 2.05) is 19.2 Å². The average Bonchev–Trinajstić information content (AvgIpc) is 2.76. The molecular formula is C16H16IN3.